The molecule has 1 aliphatic heterocycles. The Bertz CT molecular complexity index is 804. The van der Waals surface area contributed by atoms with Gasteiger partial charge in [-0.1, -0.05) is 0 Å². The largest absolute Gasteiger partial charge is 0.493 e. The number of nitriles is 1. The number of hydrogen-bond donors (Lipinski definition) is 0. The van der Waals surface area contributed by atoms with Gasteiger partial charge in [0, 0.05) is 24.5 Å². The van der Waals surface area contributed by atoms with E-state index in [9.17, 15) is 8.78 Å². The predicted octanol–water partition coefficient (Wildman–Crippen LogP) is 2.83. The summed E-state index contributed by atoms with van der Waals surface area (Å²) in [5, 5.41) is 9.55. The van der Waals surface area contributed by atoms with Crippen molar-refractivity contribution in [3.05, 3.63) is 30.0 Å². The van der Waals surface area contributed by atoms with E-state index < -0.39 is 12.0 Å². The highest BCUT2D eigenvalue weighted by molar-refractivity contribution is 5.88. The quantitative estimate of drug-likeness (QED) is 0.864. The molecule has 2 aromatic rings. The first-order valence-corrected chi connectivity index (χ1v) is 7.54. The Balaban J connectivity index is 2.05. The maximum Gasteiger partial charge on any atom is 0.296 e. The number of halogens is 2. The summed E-state index contributed by atoms with van der Waals surface area (Å²) >= 11 is 0. The van der Waals surface area contributed by atoms with Gasteiger partial charge in [-0.05, 0) is 25.2 Å². The lowest BCUT2D eigenvalue weighted by atomic mass is 10.0. The molecule has 0 aliphatic carbocycles. The van der Waals surface area contributed by atoms with Crippen molar-refractivity contribution in [1.29, 1.82) is 5.26 Å². The summed E-state index contributed by atoms with van der Waals surface area (Å²) in [6.07, 6.45) is 0.385. The first-order chi connectivity index (χ1) is 11.4. The van der Waals surface area contributed by atoms with Gasteiger partial charge in [0.1, 0.15) is 6.07 Å². The van der Waals surface area contributed by atoms with E-state index in [1.165, 1.54) is 13.3 Å². The van der Waals surface area contributed by atoms with E-state index in [0.717, 1.165) is 0 Å². The summed E-state index contributed by atoms with van der Waals surface area (Å²) in [4.78, 5) is 5.75. The van der Waals surface area contributed by atoms with Crippen LogP contribution in [0.2, 0.25) is 0 Å². The number of piperidine rings is 1. The maximum absolute atomic E-state index is 14.3. The van der Waals surface area contributed by atoms with Crippen molar-refractivity contribution in [1.82, 2.24) is 9.88 Å². The lowest BCUT2D eigenvalue weighted by Gasteiger charge is -2.36. The Morgan fingerprint density at radius 2 is 2.21 bits per heavy atom. The number of nitrogens with zero attached hydrogens (tertiary/aromatic N) is 3. The number of hydrogen-bond acceptors (Lipinski definition) is 5. The van der Waals surface area contributed by atoms with Crippen LogP contribution in [0.5, 0.6) is 11.5 Å². The van der Waals surface area contributed by atoms with Gasteiger partial charge < -0.3 is 14.4 Å². The second-order valence-electron chi connectivity index (χ2n) is 5.89. The van der Waals surface area contributed by atoms with Crippen molar-refractivity contribution in [3.63, 3.8) is 0 Å². The molecule has 5 nitrogen and oxygen atoms in total. The van der Waals surface area contributed by atoms with Crippen LogP contribution in [0.25, 0.3) is 10.9 Å². The number of aromatic nitrogens is 1. The van der Waals surface area contributed by atoms with Crippen LogP contribution < -0.4 is 9.47 Å². The molecule has 1 fully saturated rings. The second-order valence-corrected chi connectivity index (χ2v) is 5.89. The summed E-state index contributed by atoms with van der Waals surface area (Å²) in [5.41, 5.74) is 0.886. The lowest BCUT2D eigenvalue weighted by Crippen LogP contribution is -2.52. The van der Waals surface area contributed by atoms with E-state index in [1.807, 2.05) is 6.07 Å². The van der Waals surface area contributed by atoms with Crippen molar-refractivity contribution in [3.8, 4) is 17.6 Å². The maximum atomic E-state index is 14.3. The van der Waals surface area contributed by atoms with Crippen molar-refractivity contribution in [2.75, 3.05) is 27.2 Å². The van der Waals surface area contributed by atoms with Crippen LogP contribution in [-0.4, -0.2) is 49.2 Å². The molecule has 0 spiro atoms. The van der Waals surface area contributed by atoms with Crippen LogP contribution in [0.3, 0.4) is 0 Å². The number of rotatable bonds is 3. The fourth-order valence-corrected chi connectivity index (χ4v) is 2.87. The third kappa shape index (κ3) is 2.97. The average molecular weight is 333 g/mol. The molecule has 1 atom stereocenters. The van der Waals surface area contributed by atoms with Crippen LogP contribution in [0.4, 0.5) is 8.78 Å². The number of pyridine rings is 1. The molecule has 0 N–H and O–H groups in total. The molecule has 0 bridgehead atoms. The van der Waals surface area contributed by atoms with Gasteiger partial charge in [-0.3, -0.25) is 4.98 Å². The molecular formula is C17H17F2N3O2. The van der Waals surface area contributed by atoms with E-state index in [4.69, 9.17) is 14.7 Å². The van der Waals surface area contributed by atoms with E-state index in [0.29, 0.717) is 28.8 Å². The van der Waals surface area contributed by atoms with E-state index in [-0.39, 0.29) is 18.7 Å². The van der Waals surface area contributed by atoms with Gasteiger partial charge in [-0.25, -0.2) is 8.78 Å². The molecular weight excluding hydrogens is 316 g/mol. The van der Waals surface area contributed by atoms with Gasteiger partial charge in [-0.2, -0.15) is 5.26 Å². The van der Waals surface area contributed by atoms with Crippen LogP contribution in [0, 0.1) is 11.3 Å². The van der Waals surface area contributed by atoms with Gasteiger partial charge in [0.2, 0.25) is 0 Å². The predicted molar refractivity (Wildman–Crippen MR) is 84.5 cm³/mol. The summed E-state index contributed by atoms with van der Waals surface area (Å²) in [5.74, 6) is -2.43. The summed E-state index contributed by atoms with van der Waals surface area (Å²) in [6, 6.07) is 6.90. The highest BCUT2D eigenvalue weighted by atomic mass is 19.3. The zero-order chi connectivity index (χ0) is 17.3. The Morgan fingerprint density at radius 1 is 1.42 bits per heavy atom. The normalized spacial score (nSPS) is 20.5. The lowest BCUT2D eigenvalue weighted by molar-refractivity contribution is -0.135. The van der Waals surface area contributed by atoms with Crippen molar-refractivity contribution in [2.45, 2.75) is 18.4 Å². The Morgan fingerprint density at radius 3 is 2.88 bits per heavy atom. The van der Waals surface area contributed by atoms with Gasteiger partial charge in [0.25, 0.3) is 5.92 Å². The number of likely N-dealkylation sites (tertiary alicyclic amines) is 1. The van der Waals surface area contributed by atoms with E-state index >= 15 is 0 Å². The van der Waals surface area contributed by atoms with Crippen LogP contribution in [0.1, 0.15) is 12.0 Å². The average Bonchev–Trinajstić information content (AvgIpc) is 2.56. The molecule has 126 valence electrons. The standard InChI is InChI=1S/C17H17F2N3O2/c1-22-6-5-15(17(18,19)10-22)24-16-12-7-11(8-20)9-21-13(12)3-4-14(16)23-2/h3-4,7,9,15H,5-6,10H2,1-2H3. The van der Waals surface area contributed by atoms with Crippen LogP contribution >= 0.6 is 0 Å². The first-order valence-electron chi connectivity index (χ1n) is 7.54. The van der Waals surface area contributed by atoms with Crippen LogP contribution in [-0.2, 0) is 0 Å². The molecule has 1 aromatic heterocycles. The number of ether oxygens (including phenoxy) is 2. The topological polar surface area (TPSA) is 58.4 Å². The minimum atomic E-state index is -2.97. The molecule has 1 saturated heterocycles. The molecule has 0 amide bonds. The molecule has 1 unspecified atom stereocenters. The number of alkyl halides is 2. The Hall–Kier alpha value is -2.46. The zero-order valence-corrected chi connectivity index (χ0v) is 13.4. The number of methoxy groups -OCH3 is 1. The monoisotopic (exact) mass is 333 g/mol. The van der Waals surface area contributed by atoms with Crippen LogP contribution in [0.15, 0.2) is 24.4 Å². The van der Waals surface area contributed by atoms with E-state index in [2.05, 4.69) is 4.98 Å². The van der Waals surface area contributed by atoms with Gasteiger partial charge in [-0.15, -0.1) is 0 Å². The SMILES string of the molecule is COc1ccc2ncc(C#N)cc2c1OC1CCN(C)CC1(F)F. The molecule has 1 aliphatic rings. The Labute approximate surface area is 138 Å². The highest BCUT2D eigenvalue weighted by Crippen LogP contribution is 2.39. The summed E-state index contributed by atoms with van der Waals surface area (Å²) < 4.78 is 39.6. The van der Waals surface area contributed by atoms with Gasteiger partial charge in [0.15, 0.2) is 17.6 Å². The Kier molecular flexibility index (Phi) is 4.24. The van der Waals surface area contributed by atoms with Crippen molar-refractivity contribution >= 4 is 10.9 Å². The minimum Gasteiger partial charge on any atom is -0.493 e. The fraction of sp³-hybridized carbons (Fsp3) is 0.412. The molecule has 7 heteroatoms. The molecule has 1 aromatic carbocycles. The molecule has 2 heterocycles. The van der Waals surface area contributed by atoms with E-state index in [1.54, 1.807) is 30.1 Å². The third-order valence-electron chi connectivity index (χ3n) is 4.11. The van der Waals surface area contributed by atoms with Gasteiger partial charge in [0.05, 0.1) is 24.7 Å². The molecule has 24 heavy (non-hydrogen) atoms. The molecule has 0 saturated carbocycles. The summed E-state index contributed by atoms with van der Waals surface area (Å²) in [6.45, 7) is 0.168. The third-order valence-corrected chi connectivity index (χ3v) is 4.11. The molecule has 3 rings (SSSR count). The smallest absolute Gasteiger partial charge is 0.296 e. The second kappa shape index (κ2) is 6.21. The number of benzene rings is 1. The highest BCUT2D eigenvalue weighted by Gasteiger charge is 2.46. The van der Waals surface area contributed by atoms with Gasteiger partial charge >= 0.3 is 0 Å². The molecule has 0 radical (unpaired) electrons. The van der Waals surface area contributed by atoms with Crippen molar-refractivity contribution < 1.29 is 18.3 Å². The first kappa shape index (κ1) is 16.4. The summed E-state index contributed by atoms with van der Waals surface area (Å²) in [7, 11) is 3.11. The minimum absolute atomic E-state index is 0.203. The zero-order valence-electron chi connectivity index (χ0n) is 13.4. The number of fused-ring (bicyclic) bond motifs is 1. The fourth-order valence-electron chi connectivity index (χ4n) is 2.87. The van der Waals surface area contributed by atoms with Crippen molar-refractivity contribution in [2.24, 2.45) is 0 Å².